The zero-order valence-electron chi connectivity index (χ0n) is 40.4. The van der Waals surface area contributed by atoms with Gasteiger partial charge in [0.15, 0.2) is 0 Å². The first-order valence-electron chi connectivity index (χ1n) is 25.1. The van der Waals surface area contributed by atoms with Crippen molar-refractivity contribution in [2.24, 2.45) is 0 Å². The molecule has 13 heteroatoms. The van der Waals surface area contributed by atoms with Gasteiger partial charge >= 0.3 is 37.7 Å². The van der Waals surface area contributed by atoms with Crippen molar-refractivity contribution in [3.05, 3.63) is 0 Å². The molecule has 0 heterocycles. The molecule has 0 aliphatic carbocycles. The fraction of sp³-hybridized carbons (Fsp3) is 0.958. The fourth-order valence-corrected chi connectivity index (χ4v) is 8.65. The molecule has 2 amide bonds. The van der Waals surface area contributed by atoms with E-state index >= 15 is 0 Å². The Morgan fingerprint density at radius 2 is 0.541 bits per heavy atom. The van der Waals surface area contributed by atoms with E-state index in [4.69, 9.17) is 0 Å². The van der Waals surface area contributed by atoms with Crippen molar-refractivity contribution >= 4 is 69.8 Å². The molecule has 0 saturated heterocycles. The van der Waals surface area contributed by atoms with E-state index in [-0.39, 0.29) is 61.1 Å². The number of unbranched alkanes of at least 4 members (excludes halogenated alkanes) is 32. The summed E-state index contributed by atoms with van der Waals surface area (Å²) >= 11 is 0. The molecule has 0 aromatic heterocycles. The maximum Gasteiger partial charge on any atom is 2.00 e. The molecule has 0 aromatic rings. The van der Waals surface area contributed by atoms with Crippen molar-refractivity contribution in [1.82, 2.24) is 9.80 Å². The second kappa shape index (κ2) is 48.0. The first kappa shape index (κ1) is 65.3. The molecule has 0 N–H and O–H groups in total. The molecule has 0 spiro atoms. The number of carbonyl (C=O) groups is 2. The Morgan fingerprint density at radius 3 is 0.738 bits per heavy atom. The van der Waals surface area contributed by atoms with Gasteiger partial charge in [-0.15, -0.1) is 0 Å². The third-order valence-electron chi connectivity index (χ3n) is 11.6. The van der Waals surface area contributed by atoms with Gasteiger partial charge in [-0.1, -0.05) is 206 Å². The molecular formula is C48H96CaN2O8S2. The summed E-state index contributed by atoms with van der Waals surface area (Å²) in [5.74, 6) is -0.446. The van der Waals surface area contributed by atoms with Crippen molar-refractivity contribution in [2.45, 2.75) is 258 Å². The average Bonchev–Trinajstić information content (AvgIpc) is 3.20. The number of hydrogen-bond donors (Lipinski definition) is 0. The average molecular weight is 934 g/mol. The zero-order valence-corrected chi connectivity index (χ0v) is 44.2. The van der Waals surface area contributed by atoms with Gasteiger partial charge < -0.3 is 18.9 Å². The number of amides is 2. The molecule has 0 aromatic carbocycles. The molecular weight excluding hydrogens is 837 g/mol. The molecule has 0 aliphatic heterocycles. The maximum atomic E-state index is 12.0. The predicted molar refractivity (Wildman–Crippen MR) is 257 cm³/mol. The Morgan fingerprint density at radius 1 is 0.344 bits per heavy atom. The van der Waals surface area contributed by atoms with Gasteiger partial charge in [-0.3, -0.25) is 9.59 Å². The Kier molecular flexibility index (Phi) is 51.3. The van der Waals surface area contributed by atoms with Crippen LogP contribution in [0.25, 0.3) is 0 Å². The number of nitrogens with zero attached hydrogens (tertiary/aromatic N) is 2. The van der Waals surface area contributed by atoms with E-state index in [1.807, 2.05) is 0 Å². The minimum atomic E-state index is -4.13. The Balaban J connectivity index is -0.00000109. The predicted octanol–water partition coefficient (Wildman–Crippen LogP) is 12.5. The molecule has 0 saturated carbocycles. The van der Waals surface area contributed by atoms with E-state index in [0.29, 0.717) is 51.6 Å². The molecule has 0 rings (SSSR count). The Labute approximate surface area is 408 Å². The molecule has 0 aliphatic rings. The van der Waals surface area contributed by atoms with Crippen LogP contribution in [0.3, 0.4) is 0 Å². The van der Waals surface area contributed by atoms with Gasteiger partial charge in [0.05, 0.1) is 20.2 Å². The van der Waals surface area contributed by atoms with Gasteiger partial charge in [0.1, 0.15) is 0 Å². The van der Waals surface area contributed by atoms with Gasteiger partial charge in [0, 0.05) is 51.5 Å². The molecule has 0 fully saturated rings. The number of hydrogen-bond acceptors (Lipinski definition) is 8. The van der Waals surface area contributed by atoms with Gasteiger partial charge in [-0.05, 0) is 38.5 Å². The molecule has 0 atom stereocenters. The van der Waals surface area contributed by atoms with Crippen LogP contribution < -0.4 is 0 Å². The minimum absolute atomic E-state index is 0. The standard InChI is InChI=1S/2C24H49NO4S.Ca/c2*1-3-4-5-6-7-8-9-10-11-12-13-14-15-16-17-18-21-24(26)25(2)22-19-20-23-30(27,28)29;/h2*3-23H2,1-2H3,(H,27,28,29);/q;;+2/p-2. The summed E-state index contributed by atoms with van der Waals surface area (Å²) in [6, 6.07) is 0. The minimum Gasteiger partial charge on any atom is -0.748 e. The second-order valence-electron chi connectivity index (χ2n) is 17.7. The number of carbonyl (C=O) groups excluding carboxylic acids is 2. The second-order valence-corrected chi connectivity index (χ2v) is 20.7. The van der Waals surface area contributed by atoms with Gasteiger partial charge in [-0.25, -0.2) is 16.8 Å². The van der Waals surface area contributed by atoms with Crippen molar-refractivity contribution in [2.75, 3.05) is 38.7 Å². The molecule has 0 radical (unpaired) electrons. The first-order valence-corrected chi connectivity index (χ1v) is 28.2. The summed E-state index contributed by atoms with van der Waals surface area (Å²) in [5.41, 5.74) is 0. The van der Waals surface area contributed by atoms with E-state index in [1.54, 1.807) is 23.9 Å². The molecule has 61 heavy (non-hydrogen) atoms. The Hall–Kier alpha value is 0.0197. The van der Waals surface area contributed by atoms with Crippen LogP contribution in [0.2, 0.25) is 0 Å². The van der Waals surface area contributed by atoms with Crippen LogP contribution in [0.1, 0.15) is 258 Å². The molecule has 0 bridgehead atoms. The number of rotatable bonds is 44. The first-order chi connectivity index (χ1) is 28.7. The van der Waals surface area contributed by atoms with E-state index in [9.17, 15) is 35.5 Å². The topological polar surface area (TPSA) is 155 Å². The molecule has 10 nitrogen and oxygen atoms in total. The van der Waals surface area contributed by atoms with Crippen LogP contribution in [0.5, 0.6) is 0 Å². The Bertz CT molecular complexity index is 1080. The van der Waals surface area contributed by atoms with Crippen LogP contribution in [0, 0.1) is 0 Å². The van der Waals surface area contributed by atoms with Crippen molar-refractivity contribution in [3.8, 4) is 0 Å². The summed E-state index contributed by atoms with van der Waals surface area (Å²) in [6.45, 7) is 5.58. The SMILES string of the molecule is CCCCCCCCCCCCCCCCCCC(=O)N(C)CCCCS(=O)(=O)[O-].CCCCCCCCCCCCCCCCCCC(=O)N(C)CCCCS(=O)(=O)[O-].[Ca+2]. The van der Waals surface area contributed by atoms with E-state index in [2.05, 4.69) is 13.8 Å². The van der Waals surface area contributed by atoms with Gasteiger partial charge in [0.25, 0.3) is 0 Å². The summed E-state index contributed by atoms with van der Waals surface area (Å²) in [7, 11) is -4.77. The zero-order chi connectivity index (χ0) is 45.0. The van der Waals surface area contributed by atoms with Crippen LogP contribution in [0.4, 0.5) is 0 Å². The molecule has 360 valence electrons. The van der Waals surface area contributed by atoms with Crippen LogP contribution in [-0.4, -0.2) is 124 Å². The quantitative estimate of drug-likeness (QED) is 0.0332. The van der Waals surface area contributed by atoms with E-state index in [1.165, 1.54) is 180 Å². The smallest absolute Gasteiger partial charge is 0.748 e. The van der Waals surface area contributed by atoms with Crippen LogP contribution in [-0.2, 0) is 29.8 Å². The fourth-order valence-electron chi connectivity index (χ4n) is 7.54. The van der Waals surface area contributed by atoms with Crippen molar-refractivity contribution in [1.29, 1.82) is 0 Å². The molecule has 0 unspecified atom stereocenters. The largest absolute Gasteiger partial charge is 2.00 e. The van der Waals surface area contributed by atoms with E-state index < -0.39 is 20.2 Å². The van der Waals surface area contributed by atoms with Gasteiger partial charge in [0.2, 0.25) is 11.8 Å². The maximum absolute atomic E-state index is 12.0. The van der Waals surface area contributed by atoms with Crippen LogP contribution in [0.15, 0.2) is 0 Å². The van der Waals surface area contributed by atoms with Crippen LogP contribution >= 0.6 is 0 Å². The summed E-state index contributed by atoms with van der Waals surface area (Å²) in [6.07, 6.45) is 45.1. The van der Waals surface area contributed by atoms with Crippen molar-refractivity contribution in [3.63, 3.8) is 0 Å². The van der Waals surface area contributed by atoms with Crippen molar-refractivity contribution < 1.29 is 35.5 Å². The monoisotopic (exact) mass is 933 g/mol. The summed E-state index contributed by atoms with van der Waals surface area (Å²) < 4.78 is 63.3. The third kappa shape index (κ3) is 56.1. The summed E-state index contributed by atoms with van der Waals surface area (Å²) in [4.78, 5) is 27.4. The third-order valence-corrected chi connectivity index (χ3v) is 13.2. The summed E-state index contributed by atoms with van der Waals surface area (Å²) in [5, 5.41) is 0. The normalized spacial score (nSPS) is 11.5. The van der Waals surface area contributed by atoms with Gasteiger partial charge in [-0.2, -0.15) is 0 Å². The van der Waals surface area contributed by atoms with E-state index in [0.717, 1.165) is 25.7 Å².